The molecule has 5 nitrogen and oxygen atoms in total. The van der Waals surface area contributed by atoms with Crippen LogP contribution in [0.15, 0.2) is 66.7 Å². The van der Waals surface area contributed by atoms with Gasteiger partial charge in [0.05, 0.1) is 7.11 Å². The van der Waals surface area contributed by atoms with Crippen molar-refractivity contribution in [1.82, 2.24) is 9.80 Å². The number of aryl methyl sites for hydroxylation is 1. The van der Waals surface area contributed by atoms with E-state index < -0.39 is 0 Å². The summed E-state index contributed by atoms with van der Waals surface area (Å²) in [5.74, 6) is 0.849. The molecule has 39 heavy (non-hydrogen) atoms. The first-order chi connectivity index (χ1) is 18.9. The second kappa shape index (κ2) is 12.2. The standard InChI is InChI=1S/C33H39FN2O3/c1-23-8-6-7-11-29(23)30-22-35(19-24-12-17-31(37)32(18-24)39-2)20-26(30)21-36(28-9-4-3-5-10-28)33(38)25-13-15-27(34)16-14-25/h6-8,11-18,26,28,30,37H,3-5,9-10,19-22H2,1-2H3/t26-,30+/m1/s1. The molecule has 206 valence electrons. The number of hydrogen-bond acceptors (Lipinski definition) is 4. The zero-order chi connectivity index (χ0) is 27.4. The summed E-state index contributed by atoms with van der Waals surface area (Å²) in [6.45, 7) is 5.34. The predicted octanol–water partition coefficient (Wildman–Crippen LogP) is 6.54. The summed E-state index contributed by atoms with van der Waals surface area (Å²) < 4.78 is 19.0. The number of aromatic hydroxyl groups is 1. The van der Waals surface area contributed by atoms with E-state index in [9.17, 15) is 14.3 Å². The van der Waals surface area contributed by atoms with E-state index in [0.717, 1.165) is 50.9 Å². The Balaban J connectivity index is 1.43. The zero-order valence-corrected chi connectivity index (χ0v) is 23.0. The van der Waals surface area contributed by atoms with Crippen molar-refractivity contribution in [2.75, 3.05) is 26.7 Å². The summed E-state index contributed by atoms with van der Waals surface area (Å²) in [6.07, 6.45) is 5.53. The van der Waals surface area contributed by atoms with Crippen molar-refractivity contribution in [2.24, 2.45) is 5.92 Å². The highest BCUT2D eigenvalue weighted by atomic mass is 19.1. The fourth-order valence-corrected chi connectivity index (χ4v) is 6.51. The molecule has 0 radical (unpaired) electrons. The zero-order valence-electron chi connectivity index (χ0n) is 23.0. The molecule has 1 saturated carbocycles. The molecule has 1 aliphatic heterocycles. The third-order valence-corrected chi connectivity index (χ3v) is 8.55. The first-order valence-electron chi connectivity index (χ1n) is 14.1. The van der Waals surface area contributed by atoms with E-state index >= 15 is 0 Å². The second-order valence-electron chi connectivity index (χ2n) is 11.2. The van der Waals surface area contributed by atoms with Crippen LogP contribution < -0.4 is 4.74 Å². The number of methoxy groups -OCH3 is 1. The molecule has 0 aromatic heterocycles. The molecule has 0 spiro atoms. The smallest absolute Gasteiger partial charge is 0.254 e. The monoisotopic (exact) mass is 530 g/mol. The number of rotatable bonds is 8. The van der Waals surface area contributed by atoms with Crippen LogP contribution in [0, 0.1) is 18.7 Å². The quantitative estimate of drug-likeness (QED) is 0.359. The highest BCUT2D eigenvalue weighted by Gasteiger charge is 2.38. The van der Waals surface area contributed by atoms with Gasteiger partial charge in [0.1, 0.15) is 5.82 Å². The van der Waals surface area contributed by atoms with Crippen LogP contribution in [-0.4, -0.2) is 53.6 Å². The SMILES string of the molecule is COc1cc(CN2C[C@H](CN(C(=O)c3ccc(F)cc3)C3CCCCC3)[C@@H](c3ccccc3C)C2)ccc1O. The topological polar surface area (TPSA) is 53.0 Å². The molecule has 0 unspecified atom stereocenters. The van der Waals surface area contributed by atoms with E-state index in [1.807, 2.05) is 12.1 Å². The Bertz CT molecular complexity index is 1270. The van der Waals surface area contributed by atoms with Gasteiger partial charge in [-0.15, -0.1) is 0 Å². The fourth-order valence-electron chi connectivity index (χ4n) is 6.51. The third-order valence-electron chi connectivity index (χ3n) is 8.55. The van der Waals surface area contributed by atoms with Crippen LogP contribution in [-0.2, 0) is 6.54 Å². The van der Waals surface area contributed by atoms with E-state index in [2.05, 4.69) is 41.0 Å². The molecule has 1 amide bonds. The summed E-state index contributed by atoms with van der Waals surface area (Å²) in [4.78, 5) is 18.4. The number of phenolic OH excluding ortho intramolecular Hbond substituents is 1. The van der Waals surface area contributed by atoms with Crippen LogP contribution in [0.3, 0.4) is 0 Å². The number of phenols is 1. The molecule has 1 saturated heterocycles. The highest BCUT2D eigenvalue weighted by molar-refractivity contribution is 5.94. The molecule has 1 N–H and O–H groups in total. The van der Waals surface area contributed by atoms with Crippen molar-refractivity contribution < 1.29 is 19.0 Å². The molecule has 2 fully saturated rings. The van der Waals surface area contributed by atoms with Gasteiger partial charge in [0.25, 0.3) is 5.91 Å². The van der Waals surface area contributed by atoms with E-state index in [4.69, 9.17) is 4.74 Å². The first kappa shape index (κ1) is 27.2. The Morgan fingerprint density at radius 2 is 1.77 bits per heavy atom. The molecule has 1 heterocycles. The van der Waals surface area contributed by atoms with Gasteiger partial charge < -0.3 is 14.7 Å². The maximum absolute atomic E-state index is 13.9. The van der Waals surface area contributed by atoms with Gasteiger partial charge in [-0.25, -0.2) is 4.39 Å². The Morgan fingerprint density at radius 1 is 1.03 bits per heavy atom. The first-order valence-corrected chi connectivity index (χ1v) is 14.1. The summed E-state index contributed by atoms with van der Waals surface area (Å²) in [5.41, 5.74) is 4.25. The van der Waals surface area contributed by atoms with Crippen molar-refractivity contribution in [2.45, 2.75) is 57.5 Å². The number of carbonyl (C=O) groups is 1. The average molecular weight is 531 g/mol. The Labute approximate surface area is 231 Å². The minimum Gasteiger partial charge on any atom is -0.504 e. The van der Waals surface area contributed by atoms with E-state index in [1.165, 1.54) is 29.7 Å². The number of amides is 1. The van der Waals surface area contributed by atoms with Crippen molar-refractivity contribution >= 4 is 5.91 Å². The minimum atomic E-state index is -0.326. The molecule has 3 aromatic rings. The fraction of sp³-hybridized carbons (Fsp3) is 0.424. The molecule has 2 atom stereocenters. The van der Waals surface area contributed by atoms with Gasteiger partial charge in [-0.2, -0.15) is 0 Å². The normalized spacial score (nSPS) is 20.2. The van der Waals surface area contributed by atoms with Crippen LogP contribution in [0.2, 0.25) is 0 Å². The lowest BCUT2D eigenvalue weighted by molar-refractivity contribution is 0.0588. The summed E-state index contributed by atoms with van der Waals surface area (Å²) in [5, 5.41) is 10.0. The molecule has 6 heteroatoms. The van der Waals surface area contributed by atoms with E-state index in [0.29, 0.717) is 17.9 Å². The van der Waals surface area contributed by atoms with Crippen LogP contribution in [0.1, 0.15) is 65.1 Å². The van der Waals surface area contributed by atoms with Gasteiger partial charge in [-0.3, -0.25) is 9.69 Å². The molecule has 3 aromatic carbocycles. The lowest BCUT2D eigenvalue weighted by atomic mass is 9.85. The number of carbonyl (C=O) groups excluding carboxylic acids is 1. The van der Waals surface area contributed by atoms with E-state index in [-0.39, 0.29) is 35.4 Å². The van der Waals surface area contributed by atoms with Crippen molar-refractivity contribution in [3.8, 4) is 11.5 Å². The van der Waals surface area contributed by atoms with Gasteiger partial charge in [-0.1, -0.05) is 49.6 Å². The maximum Gasteiger partial charge on any atom is 0.254 e. The summed E-state index contributed by atoms with van der Waals surface area (Å²) in [7, 11) is 1.57. The van der Waals surface area contributed by atoms with Crippen LogP contribution in [0.25, 0.3) is 0 Å². The van der Waals surface area contributed by atoms with Crippen LogP contribution in [0.4, 0.5) is 4.39 Å². The van der Waals surface area contributed by atoms with Crippen molar-refractivity contribution in [3.63, 3.8) is 0 Å². The van der Waals surface area contributed by atoms with Gasteiger partial charge in [0, 0.05) is 43.7 Å². The Morgan fingerprint density at radius 3 is 2.49 bits per heavy atom. The highest BCUT2D eigenvalue weighted by Crippen LogP contribution is 2.38. The number of hydrogen-bond donors (Lipinski definition) is 1. The Kier molecular flexibility index (Phi) is 8.51. The van der Waals surface area contributed by atoms with Gasteiger partial charge in [-0.05, 0) is 78.8 Å². The van der Waals surface area contributed by atoms with Gasteiger partial charge >= 0.3 is 0 Å². The third kappa shape index (κ3) is 6.27. The number of likely N-dealkylation sites (tertiary alicyclic amines) is 1. The van der Waals surface area contributed by atoms with Crippen LogP contribution in [0.5, 0.6) is 11.5 Å². The van der Waals surface area contributed by atoms with Gasteiger partial charge in [0.15, 0.2) is 11.5 Å². The van der Waals surface area contributed by atoms with Crippen LogP contribution >= 0.6 is 0 Å². The molecule has 5 rings (SSSR count). The Hall–Kier alpha value is -3.38. The average Bonchev–Trinajstić information content (AvgIpc) is 3.35. The molecular formula is C33H39FN2O3. The molecule has 0 bridgehead atoms. The van der Waals surface area contributed by atoms with Crippen molar-refractivity contribution in [1.29, 1.82) is 0 Å². The molecular weight excluding hydrogens is 491 g/mol. The minimum absolute atomic E-state index is 0.00662. The lowest BCUT2D eigenvalue weighted by Gasteiger charge is -2.37. The number of nitrogens with zero attached hydrogens (tertiary/aromatic N) is 2. The lowest BCUT2D eigenvalue weighted by Crippen LogP contribution is -2.45. The number of ether oxygens (including phenoxy) is 1. The summed E-state index contributed by atoms with van der Waals surface area (Å²) >= 11 is 0. The second-order valence-corrected chi connectivity index (χ2v) is 11.2. The number of halogens is 1. The predicted molar refractivity (Wildman–Crippen MR) is 152 cm³/mol. The van der Waals surface area contributed by atoms with E-state index in [1.54, 1.807) is 25.3 Å². The number of benzene rings is 3. The van der Waals surface area contributed by atoms with Gasteiger partial charge in [0.2, 0.25) is 0 Å². The van der Waals surface area contributed by atoms with Crippen molar-refractivity contribution in [3.05, 3.63) is 94.8 Å². The molecule has 1 aliphatic carbocycles. The maximum atomic E-state index is 13.9. The molecule has 2 aliphatic rings. The largest absolute Gasteiger partial charge is 0.504 e. The summed E-state index contributed by atoms with van der Waals surface area (Å²) in [6, 6.07) is 20.3.